The molecule has 1 aromatic heterocycles. The molecule has 2 N–H and O–H groups in total. The Balaban J connectivity index is 1.95. The Morgan fingerprint density at radius 2 is 2.00 bits per heavy atom. The number of hydrogen-bond acceptors (Lipinski definition) is 6. The van der Waals surface area contributed by atoms with E-state index < -0.39 is 0 Å². The molecule has 6 nitrogen and oxygen atoms in total. The Morgan fingerprint density at radius 1 is 1.21 bits per heavy atom. The molecule has 6 heteroatoms. The highest BCUT2D eigenvalue weighted by atomic mass is 16.5. The van der Waals surface area contributed by atoms with Crippen molar-refractivity contribution < 1.29 is 14.0 Å². The van der Waals surface area contributed by atoms with Crippen LogP contribution in [0.25, 0.3) is 11.4 Å². The Hall–Kier alpha value is -1.76. The summed E-state index contributed by atoms with van der Waals surface area (Å²) in [6.07, 6.45) is 0. The Bertz CT molecular complexity index is 496. The van der Waals surface area contributed by atoms with Gasteiger partial charge in [-0.05, 0) is 5.56 Å². The zero-order valence-corrected chi connectivity index (χ0v) is 10.8. The lowest BCUT2D eigenvalue weighted by atomic mass is 10.1. The van der Waals surface area contributed by atoms with Crippen molar-refractivity contribution in [1.82, 2.24) is 10.1 Å². The molecule has 0 saturated carbocycles. The van der Waals surface area contributed by atoms with Crippen molar-refractivity contribution in [3.63, 3.8) is 0 Å². The van der Waals surface area contributed by atoms with Crippen LogP contribution in [0.4, 0.5) is 0 Å². The van der Waals surface area contributed by atoms with Crippen molar-refractivity contribution in [1.29, 1.82) is 0 Å². The molecular weight excluding hydrogens is 246 g/mol. The van der Waals surface area contributed by atoms with Crippen molar-refractivity contribution in [2.45, 2.75) is 13.2 Å². The normalized spacial score (nSPS) is 10.8. The Morgan fingerprint density at radius 3 is 2.68 bits per heavy atom. The fraction of sp³-hybridized carbons (Fsp3) is 0.385. The van der Waals surface area contributed by atoms with Crippen LogP contribution in [0.2, 0.25) is 0 Å². The first-order valence-electron chi connectivity index (χ1n) is 6.02. The van der Waals surface area contributed by atoms with E-state index in [2.05, 4.69) is 10.1 Å². The monoisotopic (exact) mass is 263 g/mol. The van der Waals surface area contributed by atoms with Gasteiger partial charge in [-0.1, -0.05) is 29.4 Å². The molecule has 1 aromatic carbocycles. The van der Waals surface area contributed by atoms with Gasteiger partial charge in [-0.2, -0.15) is 4.98 Å². The summed E-state index contributed by atoms with van der Waals surface area (Å²) in [5.41, 5.74) is 7.50. The first kappa shape index (κ1) is 13.7. The van der Waals surface area contributed by atoms with Crippen molar-refractivity contribution in [2.75, 3.05) is 20.3 Å². The number of hydrogen-bond donors (Lipinski definition) is 1. The lowest BCUT2D eigenvalue weighted by Crippen LogP contribution is -2.01. The minimum Gasteiger partial charge on any atom is -0.382 e. The number of rotatable bonds is 7. The quantitative estimate of drug-likeness (QED) is 0.759. The van der Waals surface area contributed by atoms with Gasteiger partial charge in [0.25, 0.3) is 5.89 Å². The van der Waals surface area contributed by atoms with Crippen LogP contribution in [-0.2, 0) is 22.6 Å². The summed E-state index contributed by atoms with van der Waals surface area (Å²) < 4.78 is 15.3. The van der Waals surface area contributed by atoms with Crippen LogP contribution >= 0.6 is 0 Å². The highest BCUT2D eigenvalue weighted by molar-refractivity contribution is 5.54. The maximum Gasteiger partial charge on any atom is 0.252 e. The van der Waals surface area contributed by atoms with E-state index in [9.17, 15) is 0 Å². The van der Waals surface area contributed by atoms with Crippen molar-refractivity contribution in [3.05, 3.63) is 35.7 Å². The molecule has 0 aliphatic heterocycles. The van der Waals surface area contributed by atoms with Gasteiger partial charge >= 0.3 is 0 Å². The molecule has 0 amide bonds. The average Bonchev–Trinajstić information content (AvgIpc) is 2.92. The number of benzene rings is 1. The molecule has 0 aliphatic carbocycles. The van der Waals surface area contributed by atoms with Crippen LogP contribution in [0.1, 0.15) is 11.5 Å². The summed E-state index contributed by atoms with van der Waals surface area (Å²) in [6, 6.07) is 7.73. The zero-order chi connectivity index (χ0) is 13.5. The van der Waals surface area contributed by atoms with Crippen LogP contribution in [0.5, 0.6) is 0 Å². The van der Waals surface area contributed by atoms with Crippen molar-refractivity contribution in [3.8, 4) is 11.4 Å². The van der Waals surface area contributed by atoms with Gasteiger partial charge in [0.05, 0.1) is 13.2 Å². The fourth-order valence-corrected chi connectivity index (χ4v) is 1.52. The second kappa shape index (κ2) is 6.98. The zero-order valence-electron chi connectivity index (χ0n) is 10.8. The molecule has 0 bridgehead atoms. The number of methoxy groups -OCH3 is 1. The topological polar surface area (TPSA) is 83.4 Å². The smallest absolute Gasteiger partial charge is 0.252 e. The molecule has 0 atom stereocenters. The number of aromatic nitrogens is 2. The lowest BCUT2D eigenvalue weighted by molar-refractivity contribution is 0.0494. The third kappa shape index (κ3) is 3.85. The van der Waals surface area contributed by atoms with E-state index in [1.807, 2.05) is 24.3 Å². The first-order valence-corrected chi connectivity index (χ1v) is 6.02. The van der Waals surface area contributed by atoms with Crippen LogP contribution in [0.3, 0.4) is 0 Å². The average molecular weight is 263 g/mol. The SMILES string of the molecule is COCCOCc1nc(-c2ccc(CN)cc2)no1. The molecule has 0 aliphatic rings. The van der Waals surface area contributed by atoms with Gasteiger partial charge in [0, 0.05) is 19.2 Å². The van der Waals surface area contributed by atoms with Gasteiger partial charge in [-0.25, -0.2) is 0 Å². The minimum atomic E-state index is 0.289. The molecular formula is C13H17N3O3. The summed E-state index contributed by atoms with van der Waals surface area (Å²) in [7, 11) is 1.62. The van der Waals surface area contributed by atoms with E-state index in [1.54, 1.807) is 7.11 Å². The van der Waals surface area contributed by atoms with Gasteiger partial charge < -0.3 is 19.7 Å². The van der Waals surface area contributed by atoms with E-state index in [4.69, 9.17) is 19.7 Å². The van der Waals surface area contributed by atoms with Crippen LogP contribution in [-0.4, -0.2) is 30.5 Å². The predicted octanol–water partition coefficient (Wildman–Crippen LogP) is 1.36. The number of ether oxygens (including phenoxy) is 2. The fourth-order valence-electron chi connectivity index (χ4n) is 1.52. The van der Waals surface area contributed by atoms with Crippen LogP contribution in [0, 0.1) is 0 Å². The van der Waals surface area contributed by atoms with Crippen molar-refractivity contribution >= 4 is 0 Å². The first-order chi connectivity index (χ1) is 9.33. The molecule has 0 fully saturated rings. The van der Waals surface area contributed by atoms with E-state index in [1.165, 1.54) is 0 Å². The van der Waals surface area contributed by atoms with Gasteiger partial charge in [-0.15, -0.1) is 0 Å². The van der Waals surface area contributed by atoms with Gasteiger partial charge in [0.15, 0.2) is 0 Å². The molecule has 2 rings (SSSR count). The molecule has 1 heterocycles. The Kier molecular flexibility index (Phi) is 5.02. The molecule has 2 aromatic rings. The molecule has 0 spiro atoms. The minimum absolute atomic E-state index is 0.289. The summed E-state index contributed by atoms with van der Waals surface area (Å²) in [5.74, 6) is 1.00. The molecule has 0 radical (unpaired) electrons. The molecule has 0 saturated heterocycles. The van der Waals surface area contributed by atoms with E-state index >= 15 is 0 Å². The van der Waals surface area contributed by atoms with Crippen LogP contribution < -0.4 is 5.73 Å². The van der Waals surface area contributed by atoms with E-state index in [0.29, 0.717) is 31.5 Å². The third-order valence-electron chi connectivity index (χ3n) is 2.57. The maximum atomic E-state index is 5.55. The second-order valence-corrected chi connectivity index (χ2v) is 3.96. The van der Waals surface area contributed by atoms with Gasteiger partial charge in [0.2, 0.25) is 5.82 Å². The standard InChI is InChI=1S/C13H17N3O3/c1-17-6-7-18-9-12-15-13(16-19-12)11-4-2-10(8-14)3-5-11/h2-5H,6-9,14H2,1H3. The predicted molar refractivity (Wildman–Crippen MR) is 69.2 cm³/mol. The Labute approximate surface area is 111 Å². The number of nitrogens with two attached hydrogens (primary N) is 1. The summed E-state index contributed by atoms with van der Waals surface area (Å²) in [5, 5.41) is 3.91. The maximum absolute atomic E-state index is 5.55. The van der Waals surface area contributed by atoms with Crippen molar-refractivity contribution in [2.24, 2.45) is 5.73 Å². The summed E-state index contributed by atoms with van der Waals surface area (Å²) in [6.45, 7) is 1.85. The number of nitrogens with zero attached hydrogens (tertiary/aromatic N) is 2. The van der Waals surface area contributed by atoms with Gasteiger partial charge in [0.1, 0.15) is 6.61 Å². The summed E-state index contributed by atoms with van der Waals surface area (Å²) >= 11 is 0. The highest BCUT2D eigenvalue weighted by Crippen LogP contribution is 2.16. The van der Waals surface area contributed by atoms with Crippen LogP contribution in [0.15, 0.2) is 28.8 Å². The van der Waals surface area contributed by atoms with E-state index in [-0.39, 0.29) is 6.61 Å². The molecule has 0 unspecified atom stereocenters. The van der Waals surface area contributed by atoms with Gasteiger partial charge in [-0.3, -0.25) is 0 Å². The summed E-state index contributed by atoms with van der Waals surface area (Å²) in [4.78, 5) is 4.26. The van der Waals surface area contributed by atoms with E-state index in [0.717, 1.165) is 11.1 Å². The molecule has 19 heavy (non-hydrogen) atoms. The third-order valence-corrected chi connectivity index (χ3v) is 2.57. The largest absolute Gasteiger partial charge is 0.382 e. The highest BCUT2D eigenvalue weighted by Gasteiger charge is 2.08. The molecule has 102 valence electrons. The lowest BCUT2D eigenvalue weighted by Gasteiger charge is -1.98. The second-order valence-electron chi connectivity index (χ2n) is 3.96.